The van der Waals surface area contributed by atoms with Gasteiger partial charge in [0.2, 0.25) is 0 Å². The van der Waals surface area contributed by atoms with Crippen LogP contribution < -0.4 is 39.7 Å². The normalized spacial score (nSPS) is 15.4. The Bertz CT molecular complexity index is 7090. The van der Waals surface area contributed by atoms with Crippen LogP contribution in [0, 0.1) is 39.4 Å². The zero-order valence-corrected chi connectivity index (χ0v) is 91.5. The molecule has 788 valence electrons. The van der Waals surface area contributed by atoms with Crippen LogP contribution in [0.1, 0.15) is 98.2 Å². The first-order valence-corrected chi connectivity index (χ1v) is 60.8. The number of sulfone groups is 1. The number of halogens is 3. The van der Waals surface area contributed by atoms with Gasteiger partial charge in [0.1, 0.15) is 12.4 Å². The molecule has 6 heterocycles. The van der Waals surface area contributed by atoms with Gasteiger partial charge in [-0.3, -0.25) is 23.4 Å². The van der Waals surface area contributed by atoms with Crippen molar-refractivity contribution in [2.24, 2.45) is 5.92 Å². The summed E-state index contributed by atoms with van der Waals surface area (Å²) >= 11 is 16.1. The van der Waals surface area contributed by atoms with Crippen molar-refractivity contribution in [2.75, 3.05) is 168 Å². The van der Waals surface area contributed by atoms with Crippen LogP contribution in [0.3, 0.4) is 0 Å². The Morgan fingerprint density at radius 1 is 0.486 bits per heavy atom. The Morgan fingerprint density at radius 3 is 1.39 bits per heavy atom. The first-order valence-electron chi connectivity index (χ1n) is 49.6. The van der Waals surface area contributed by atoms with Gasteiger partial charge < -0.3 is 83.3 Å². The van der Waals surface area contributed by atoms with Gasteiger partial charge >= 0.3 is 27.1 Å². The van der Waals surface area contributed by atoms with E-state index in [2.05, 4.69) is 79.8 Å². The zero-order valence-electron chi connectivity index (χ0n) is 84.1. The third-order valence-electron chi connectivity index (χ3n) is 27.3. The molecule has 16 rings (SSSR count). The van der Waals surface area contributed by atoms with E-state index in [4.69, 9.17) is 42.5 Å². The molecule has 4 fully saturated rings. The van der Waals surface area contributed by atoms with Gasteiger partial charge in [-0.1, -0.05) is 96.0 Å². The summed E-state index contributed by atoms with van der Waals surface area (Å²) in [7, 11) is -20.4. The number of aryl methyl sites for hydroxylation is 2. The number of aliphatic hydroxyl groups is 1. The van der Waals surface area contributed by atoms with E-state index >= 15 is 4.39 Å². The minimum atomic E-state index is -4.44. The third kappa shape index (κ3) is 29.4. The number of esters is 2. The molecule has 4 saturated heterocycles. The molecule has 0 radical (unpaired) electrons. The third-order valence-corrected chi connectivity index (χ3v) is 35.4. The lowest BCUT2D eigenvalue weighted by atomic mass is 9.96. The van der Waals surface area contributed by atoms with Crippen LogP contribution in [0.2, 0.25) is 10.0 Å². The summed E-state index contributed by atoms with van der Waals surface area (Å²) in [5.74, 6) is -0.537. The zero-order chi connectivity index (χ0) is 106. The van der Waals surface area contributed by atoms with E-state index in [0.29, 0.717) is 151 Å². The number of ether oxygens (including phenoxy) is 2. The average Bonchev–Trinajstić information content (AvgIpc) is 1.57. The molecule has 4 aliphatic rings. The highest BCUT2D eigenvalue weighted by atomic mass is 35.5. The fourth-order valence-corrected chi connectivity index (χ4v) is 26.0. The summed E-state index contributed by atoms with van der Waals surface area (Å²) in [6.45, 7) is 23.4. The maximum Gasteiger partial charge on any atom is 0.362 e. The van der Waals surface area contributed by atoms with Crippen LogP contribution >= 0.6 is 61.9 Å². The van der Waals surface area contributed by atoms with Crippen LogP contribution in [0.25, 0.3) is 44.8 Å². The molecule has 0 saturated carbocycles. The lowest BCUT2D eigenvalue weighted by Gasteiger charge is -2.37. The van der Waals surface area contributed by atoms with Crippen molar-refractivity contribution in [1.82, 2.24) is 18.9 Å². The van der Waals surface area contributed by atoms with E-state index in [-0.39, 0.29) is 38.9 Å². The van der Waals surface area contributed by atoms with Gasteiger partial charge in [0.25, 0.3) is 20.0 Å². The molecule has 0 aliphatic carbocycles. The van der Waals surface area contributed by atoms with Crippen molar-refractivity contribution in [2.45, 2.75) is 142 Å². The highest BCUT2D eigenvalue weighted by Gasteiger charge is 2.36. The summed E-state index contributed by atoms with van der Waals surface area (Å²) in [6, 6.07) is 72.8. The Morgan fingerprint density at radius 2 is 0.939 bits per heavy atom. The average molecular weight is 2190 g/mol. The lowest BCUT2D eigenvalue weighted by molar-refractivity contribution is -0.148. The number of piperazine rings is 2. The highest BCUT2D eigenvalue weighted by Crippen LogP contribution is 2.48. The molecule has 2 atom stereocenters. The second-order valence-corrected chi connectivity index (χ2v) is 50.0. The van der Waals surface area contributed by atoms with Crippen molar-refractivity contribution < 1.29 is 82.5 Å². The Kier molecular flexibility index (Phi) is 37.4. The van der Waals surface area contributed by atoms with Gasteiger partial charge in [-0.05, 0) is 297 Å². The Hall–Kier alpha value is -10.7. The topological polar surface area (TPSA) is 368 Å². The minimum Gasteiger partial charge on any atom is -0.461 e. The van der Waals surface area contributed by atoms with E-state index in [9.17, 15) is 58.9 Å². The number of benzene rings is 10. The number of rotatable bonds is 40. The van der Waals surface area contributed by atoms with Crippen LogP contribution in [-0.2, 0) is 59.8 Å². The van der Waals surface area contributed by atoms with E-state index < -0.39 is 87.9 Å². The molecule has 4 aliphatic heterocycles. The number of anilines is 8. The largest absolute Gasteiger partial charge is 0.461 e. The van der Waals surface area contributed by atoms with Gasteiger partial charge in [-0.25, -0.2) is 34.4 Å². The monoisotopic (exact) mass is 2190 g/mol. The number of piperidine rings is 2. The minimum absolute atomic E-state index is 0.0103. The van der Waals surface area contributed by atoms with Crippen LogP contribution in [-0.4, -0.2) is 227 Å². The lowest BCUT2D eigenvalue weighted by Crippen LogP contribution is -2.46. The number of thioether (sulfide) groups is 2. The number of sulfonamides is 2. The molecule has 10 aromatic carbocycles. The fraction of sp³-hybridized carbons (Fsp3) is 0.358. The van der Waals surface area contributed by atoms with E-state index in [1.807, 2.05) is 166 Å². The number of likely N-dealkylation sites (tertiary alicyclic amines) is 2. The number of carbonyl (C=O) groups excluding carboxylic acids is 2. The fourth-order valence-electron chi connectivity index (χ4n) is 19.6. The SMILES string of the molecule is CCn1c(C)c(C(=O)OCCP(=O)(O)O)c(-c2cccc(N3CCN(c4ccc(NS(=O)(=O)c5ccc(N[C@H](CCN6CCC(O)CC6)CSc6ccccc6)c(C)c5)cc4)CC3)c2)c1-c1ccc(Cl)cc1.Cc1cc(S(=O)(=O)Nc2ccc(N3CCN(c4cc(F)cc(-c5c(S(C)(=O)=O)c(C)n(C(C)C)c5-c5ccc(Cl)cc5)c4)CC3)cc2)ccc1N[C@H](CCN1CCC(C(=O)OCP(=O)(O)O)CC1)CSc1ccccc1. The number of hydrogen-bond acceptors (Lipinski definition) is 23. The number of aliphatic hydroxyl groups excluding tert-OH is 1. The number of hydrogen-bond donors (Lipinski definition) is 9. The van der Waals surface area contributed by atoms with E-state index in [1.54, 1.807) is 109 Å². The van der Waals surface area contributed by atoms with Gasteiger partial charge in [0.15, 0.2) is 16.2 Å². The van der Waals surface area contributed by atoms with Gasteiger partial charge in [-0.15, -0.1) is 23.5 Å². The summed E-state index contributed by atoms with van der Waals surface area (Å²) in [5, 5.41) is 18.5. The molecule has 148 heavy (non-hydrogen) atoms. The second-order valence-electron chi connectivity index (χ2n) is 38.2. The van der Waals surface area contributed by atoms with Crippen molar-refractivity contribution in [3.05, 3.63) is 281 Å². The van der Waals surface area contributed by atoms with Gasteiger partial charge in [0, 0.05) is 209 Å². The molecular weight excluding hydrogens is 2060 g/mol. The molecule has 29 nitrogen and oxygen atoms in total. The smallest absolute Gasteiger partial charge is 0.362 e. The van der Waals surface area contributed by atoms with Crippen LogP contribution in [0.4, 0.5) is 49.9 Å². The first-order chi connectivity index (χ1) is 70.6. The van der Waals surface area contributed by atoms with E-state index in [0.717, 1.165) is 130 Å². The molecule has 12 aromatic rings. The second kappa shape index (κ2) is 49.6. The molecule has 39 heteroatoms. The first kappa shape index (κ1) is 111. The number of carbonyl (C=O) groups is 2. The standard InChI is InChI=1S/C55H65ClFN6O9PS3.C54H64ClN6O8PS2/c1-37(2)63-39(4)54(75(5,68)69)52(53(63)40-11-13-43(56)14-12-40)42-32-44(57)34-48(33-42)62-29-27-61(28-30-62)47-17-15-45(16-18-47)59-76(70,71)50-19-20-51(38(3)31-50)58-46(35-74-49-9-7-6-8-10-49)23-26-60-24-21-41(22-25-60)55(64)72-36-73(65,66)67;1-4-61-39(3)51(54(63)69-33-34-70(64,65)66)52(53(61)40-13-15-42(55)16-14-40)41-9-8-10-46(36-41)60-31-29-59(30-32-60)45-19-17-43(18-20-45)57-72(67,68)49-21-22-50(38(2)35-49)56-44(37-71-48-11-6-5-7-12-48)23-26-58-27-24-47(62)25-28-58/h6-20,31-34,37,41,46,58-59H,21-30,35-36H2,1-5H3,(H2,65,66,67);5-22,35-36,44,47,56-57,62H,4,23-34,37H2,1-3H3,(H2,64,65,66)/t46-;44-/m11/s1. The Labute approximate surface area is 885 Å². The molecule has 0 spiro atoms. The molecule has 9 N–H and O–H groups in total. The summed E-state index contributed by atoms with van der Waals surface area (Å²) in [4.78, 5) is 79.6. The van der Waals surface area contributed by atoms with E-state index in [1.165, 1.54) is 23.3 Å². The molecule has 2 aromatic heterocycles. The maximum absolute atomic E-state index is 15.8. The molecule has 0 bridgehead atoms. The van der Waals surface area contributed by atoms with Crippen molar-refractivity contribution in [1.29, 1.82) is 0 Å². The maximum atomic E-state index is 15.8. The predicted octanol–water partition coefficient (Wildman–Crippen LogP) is 20.7. The molecule has 0 amide bonds. The van der Waals surface area contributed by atoms with Crippen molar-refractivity contribution >= 4 is 149 Å². The summed E-state index contributed by atoms with van der Waals surface area (Å²) in [5.41, 5.74) is 14.7. The Balaban J connectivity index is 0.000000222. The highest BCUT2D eigenvalue weighted by molar-refractivity contribution is 7.99. The van der Waals surface area contributed by atoms with Crippen molar-refractivity contribution in [3.63, 3.8) is 0 Å². The number of aromatic nitrogens is 2. The predicted molar refractivity (Wildman–Crippen MR) is 594 cm³/mol. The summed E-state index contributed by atoms with van der Waals surface area (Å²) < 4.78 is 141. The van der Waals surface area contributed by atoms with Crippen LogP contribution in [0.5, 0.6) is 0 Å². The van der Waals surface area contributed by atoms with Crippen molar-refractivity contribution in [3.8, 4) is 44.8 Å². The van der Waals surface area contributed by atoms with Gasteiger partial charge in [0.05, 0.1) is 49.8 Å². The molecule has 0 unspecified atom stereocenters. The summed E-state index contributed by atoms with van der Waals surface area (Å²) in [6.07, 6.45) is 3.84. The quantitative estimate of drug-likeness (QED) is 0.00978. The molecular formula is C109H129Cl2FN12O17P2S5. The van der Waals surface area contributed by atoms with Crippen LogP contribution in [0.15, 0.2) is 261 Å². The van der Waals surface area contributed by atoms with Gasteiger partial charge in [-0.2, -0.15) is 0 Å². The number of nitrogens with zero attached hydrogens (tertiary/aromatic N) is 8. The number of nitrogens with one attached hydrogen (secondary N) is 4.